The van der Waals surface area contributed by atoms with Gasteiger partial charge in [-0.1, -0.05) is 78.1 Å². The monoisotopic (exact) mass is 399 g/mol. The SMILES string of the molecule is CCCCCCCCCCCCCOCC(C)CCC(C)NC(=O)CCCO. The molecule has 0 spiro atoms. The van der Waals surface area contributed by atoms with Crippen LogP contribution >= 0.6 is 0 Å². The first-order chi connectivity index (χ1) is 13.6. The molecule has 0 aromatic rings. The topological polar surface area (TPSA) is 58.6 Å². The molecule has 0 rings (SSSR count). The first-order valence-corrected chi connectivity index (χ1v) is 12.1. The van der Waals surface area contributed by atoms with E-state index in [9.17, 15) is 4.79 Å². The molecule has 2 N–H and O–H groups in total. The Morgan fingerprint density at radius 1 is 0.857 bits per heavy atom. The number of aliphatic hydroxyl groups is 1. The molecule has 0 fully saturated rings. The minimum absolute atomic E-state index is 0.0435. The van der Waals surface area contributed by atoms with Gasteiger partial charge < -0.3 is 15.2 Å². The maximum Gasteiger partial charge on any atom is 0.220 e. The maximum atomic E-state index is 11.6. The van der Waals surface area contributed by atoms with Gasteiger partial charge in [0.1, 0.15) is 0 Å². The summed E-state index contributed by atoms with van der Waals surface area (Å²) in [6, 6.07) is 0.195. The summed E-state index contributed by atoms with van der Waals surface area (Å²) in [6.07, 6.45) is 18.0. The van der Waals surface area contributed by atoms with Gasteiger partial charge in [-0.3, -0.25) is 4.79 Å². The van der Waals surface area contributed by atoms with Crippen LogP contribution in [0.3, 0.4) is 0 Å². The fourth-order valence-electron chi connectivity index (χ4n) is 3.43. The molecular formula is C24H49NO3. The highest BCUT2D eigenvalue weighted by Gasteiger charge is 2.09. The molecule has 4 heteroatoms. The number of hydrogen-bond donors (Lipinski definition) is 2. The lowest BCUT2D eigenvalue weighted by atomic mass is 10.0. The van der Waals surface area contributed by atoms with Gasteiger partial charge in [-0.15, -0.1) is 0 Å². The Morgan fingerprint density at radius 2 is 1.43 bits per heavy atom. The van der Waals surface area contributed by atoms with E-state index in [-0.39, 0.29) is 18.6 Å². The number of ether oxygens (including phenoxy) is 1. The third-order valence-corrected chi connectivity index (χ3v) is 5.36. The van der Waals surface area contributed by atoms with Gasteiger partial charge in [-0.25, -0.2) is 0 Å². The molecule has 0 aliphatic carbocycles. The van der Waals surface area contributed by atoms with Gasteiger partial charge in [-0.2, -0.15) is 0 Å². The zero-order valence-electron chi connectivity index (χ0n) is 19.1. The number of aliphatic hydroxyl groups excluding tert-OH is 1. The number of carbonyl (C=O) groups excluding carboxylic acids is 1. The van der Waals surface area contributed by atoms with Crippen molar-refractivity contribution in [3.8, 4) is 0 Å². The predicted molar refractivity (Wildman–Crippen MR) is 120 cm³/mol. The molecule has 0 aliphatic heterocycles. The van der Waals surface area contributed by atoms with Gasteiger partial charge in [0, 0.05) is 32.3 Å². The molecule has 0 aromatic heterocycles. The lowest BCUT2D eigenvalue weighted by Crippen LogP contribution is -2.32. The van der Waals surface area contributed by atoms with Crippen LogP contribution in [0.1, 0.15) is 117 Å². The summed E-state index contributed by atoms with van der Waals surface area (Å²) >= 11 is 0. The van der Waals surface area contributed by atoms with Crippen molar-refractivity contribution in [2.45, 2.75) is 123 Å². The summed E-state index contributed by atoms with van der Waals surface area (Å²) in [7, 11) is 0. The molecule has 0 radical (unpaired) electrons. The Kier molecular flexibility index (Phi) is 20.6. The van der Waals surface area contributed by atoms with Crippen molar-refractivity contribution >= 4 is 5.91 Å². The van der Waals surface area contributed by atoms with E-state index in [0.29, 0.717) is 18.8 Å². The summed E-state index contributed by atoms with van der Waals surface area (Å²) in [4.78, 5) is 11.6. The smallest absolute Gasteiger partial charge is 0.220 e. The number of unbranched alkanes of at least 4 members (excludes halogenated alkanes) is 10. The quantitative estimate of drug-likeness (QED) is 0.232. The Balaban J connectivity index is 3.34. The highest BCUT2D eigenvalue weighted by Crippen LogP contribution is 2.12. The fourth-order valence-corrected chi connectivity index (χ4v) is 3.43. The lowest BCUT2D eigenvalue weighted by molar-refractivity contribution is -0.122. The zero-order chi connectivity index (χ0) is 20.9. The van der Waals surface area contributed by atoms with E-state index in [1.54, 1.807) is 0 Å². The van der Waals surface area contributed by atoms with Gasteiger partial charge in [0.15, 0.2) is 0 Å². The molecule has 0 bridgehead atoms. The second-order valence-corrected chi connectivity index (χ2v) is 8.59. The van der Waals surface area contributed by atoms with Crippen LogP contribution in [0, 0.1) is 5.92 Å². The molecule has 2 unspecified atom stereocenters. The van der Waals surface area contributed by atoms with Crippen LogP contribution in [-0.4, -0.2) is 36.9 Å². The van der Waals surface area contributed by atoms with E-state index in [4.69, 9.17) is 9.84 Å². The van der Waals surface area contributed by atoms with Gasteiger partial charge >= 0.3 is 0 Å². The van der Waals surface area contributed by atoms with E-state index < -0.39 is 0 Å². The molecule has 0 heterocycles. The zero-order valence-corrected chi connectivity index (χ0v) is 19.1. The second-order valence-electron chi connectivity index (χ2n) is 8.59. The molecular weight excluding hydrogens is 350 g/mol. The summed E-state index contributed by atoms with van der Waals surface area (Å²) < 4.78 is 5.83. The van der Waals surface area contributed by atoms with Crippen molar-refractivity contribution in [3.63, 3.8) is 0 Å². The van der Waals surface area contributed by atoms with Crippen LogP contribution in [0.15, 0.2) is 0 Å². The van der Waals surface area contributed by atoms with Crippen LogP contribution < -0.4 is 5.32 Å². The molecule has 1 amide bonds. The maximum absolute atomic E-state index is 11.6. The number of rotatable bonds is 21. The first kappa shape index (κ1) is 27.4. The average molecular weight is 400 g/mol. The van der Waals surface area contributed by atoms with Gasteiger partial charge in [0.2, 0.25) is 5.91 Å². The second kappa shape index (κ2) is 21.1. The molecule has 28 heavy (non-hydrogen) atoms. The number of carbonyl (C=O) groups is 1. The first-order valence-electron chi connectivity index (χ1n) is 12.1. The Bertz CT molecular complexity index is 336. The summed E-state index contributed by atoms with van der Waals surface area (Å²) in [5.74, 6) is 0.575. The van der Waals surface area contributed by atoms with Crippen LogP contribution in [0.5, 0.6) is 0 Å². The predicted octanol–water partition coefficient (Wildman–Crippen LogP) is 6.01. The van der Waals surface area contributed by atoms with Crippen LogP contribution in [0.2, 0.25) is 0 Å². The van der Waals surface area contributed by atoms with Crippen molar-refractivity contribution in [2.75, 3.05) is 19.8 Å². The largest absolute Gasteiger partial charge is 0.396 e. The molecule has 0 aromatic carbocycles. The summed E-state index contributed by atoms with van der Waals surface area (Å²) in [5.41, 5.74) is 0. The Labute approximate surface area is 175 Å². The number of amides is 1. The van der Waals surface area contributed by atoms with Crippen molar-refractivity contribution in [3.05, 3.63) is 0 Å². The van der Waals surface area contributed by atoms with Gasteiger partial charge in [0.25, 0.3) is 0 Å². The van der Waals surface area contributed by atoms with Gasteiger partial charge in [0.05, 0.1) is 0 Å². The molecule has 2 atom stereocenters. The number of hydrogen-bond acceptors (Lipinski definition) is 3. The molecule has 0 saturated heterocycles. The van der Waals surface area contributed by atoms with E-state index in [2.05, 4.69) is 26.1 Å². The van der Waals surface area contributed by atoms with E-state index in [1.807, 2.05) is 0 Å². The minimum atomic E-state index is 0.0435. The summed E-state index contributed by atoms with van der Waals surface area (Å²) in [6.45, 7) is 8.33. The lowest BCUT2D eigenvalue weighted by Gasteiger charge is -2.17. The molecule has 168 valence electrons. The normalized spacial score (nSPS) is 13.4. The van der Waals surface area contributed by atoms with Crippen molar-refractivity contribution in [1.29, 1.82) is 0 Å². The standard InChI is InChI=1S/C24H49NO3/c1-4-5-6-7-8-9-10-11-12-13-14-20-28-21-22(2)17-18-23(3)25-24(27)16-15-19-26/h22-23,26H,4-21H2,1-3H3,(H,25,27). The van der Waals surface area contributed by atoms with E-state index in [0.717, 1.165) is 26.1 Å². The van der Waals surface area contributed by atoms with Crippen molar-refractivity contribution < 1.29 is 14.6 Å². The molecule has 4 nitrogen and oxygen atoms in total. The average Bonchev–Trinajstić information content (AvgIpc) is 2.68. The highest BCUT2D eigenvalue weighted by atomic mass is 16.5. The summed E-state index contributed by atoms with van der Waals surface area (Å²) in [5, 5.41) is 11.7. The Morgan fingerprint density at radius 3 is 2.00 bits per heavy atom. The van der Waals surface area contributed by atoms with Crippen molar-refractivity contribution in [2.24, 2.45) is 5.92 Å². The molecule has 0 aliphatic rings. The van der Waals surface area contributed by atoms with E-state index in [1.165, 1.54) is 70.6 Å². The van der Waals surface area contributed by atoms with Crippen LogP contribution in [0.25, 0.3) is 0 Å². The minimum Gasteiger partial charge on any atom is -0.396 e. The van der Waals surface area contributed by atoms with Crippen LogP contribution in [0.4, 0.5) is 0 Å². The Hall–Kier alpha value is -0.610. The number of nitrogens with one attached hydrogen (secondary N) is 1. The third kappa shape index (κ3) is 20.1. The van der Waals surface area contributed by atoms with Crippen LogP contribution in [-0.2, 0) is 9.53 Å². The fraction of sp³-hybridized carbons (Fsp3) is 0.958. The van der Waals surface area contributed by atoms with Gasteiger partial charge in [-0.05, 0) is 38.5 Å². The molecule has 0 saturated carbocycles. The highest BCUT2D eigenvalue weighted by molar-refractivity contribution is 5.76. The third-order valence-electron chi connectivity index (χ3n) is 5.36. The van der Waals surface area contributed by atoms with Crippen molar-refractivity contribution in [1.82, 2.24) is 5.32 Å². The van der Waals surface area contributed by atoms with E-state index >= 15 is 0 Å².